The van der Waals surface area contributed by atoms with Gasteiger partial charge in [0.05, 0.1) is 26.2 Å². The Hall–Kier alpha value is -3.32. The van der Waals surface area contributed by atoms with Gasteiger partial charge in [0.1, 0.15) is 11.5 Å². The van der Waals surface area contributed by atoms with E-state index in [2.05, 4.69) is 21.2 Å². The lowest BCUT2D eigenvalue weighted by Gasteiger charge is -2.41. The van der Waals surface area contributed by atoms with Crippen LogP contribution in [0.3, 0.4) is 0 Å². The minimum atomic E-state index is -0.462. The molecule has 6 nitrogen and oxygen atoms in total. The fourth-order valence-corrected chi connectivity index (χ4v) is 4.87. The summed E-state index contributed by atoms with van der Waals surface area (Å²) < 4.78 is 11.5. The van der Waals surface area contributed by atoms with E-state index in [1.54, 1.807) is 19.1 Å². The number of ether oxygens (including phenoxy) is 2. The molecule has 0 bridgehead atoms. The topological polar surface area (TPSA) is 67.9 Å². The fourth-order valence-electron chi connectivity index (χ4n) is 4.39. The monoisotopic (exact) mass is 522 g/mol. The number of aryl methyl sites for hydroxylation is 1. The lowest BCUT2D eigenvalue weighted by atomic mass is 9.83. The number of benzene rings is 3. The van der Waals surface area contributed by atoms with Crippen LogP contribution in [0.2, 0.25) is 0 Å². The van der Waals surface area contributed by atoms with Crippen molar-refractivity contribution < 1.29 is 19.1 Å². The molecule has 3 aromatic rings. The summed E-state index contributed by atoms with van der Waals surface area (Å²) in [6, 6.07) is 20.2. The highest BCUT2D eigenvalue weighted by Crippen LogP contribution is 2.41. The van der Waals surface area contributed by atoms with Crippen LogP contribution in [-0.4, -0.2) is 26.0 Å². The van der Waals surface area contributed by atoms with Crippen molar-refractivity contribution in [3.05, 3.63) is 82.3 Å². The van der Waals surface area contributed by atoms with Crippen LogP contribution in [0, 0.1) is 12.8 Å². The third-order valence-corrected chi connectivity index (χ3v) is 6.68. The molecule has 0 radical (unpaired) electrons. The van der Waals surface area contributed by atoms with E-state index in [0.717, 1.165) is 27.0 Å². The molecule has 34 heavy (non-hydrogen) atoms. The zero-order valence-electron chi connectivity index (χ0n) is 19.4. The van der Waals surface area contributed by atoms with E-state index in [4.69, 9.17) is 9.47 Å². The van der Waals surface area contributed by atoms with Crippen molar-refractivity contribution in [2.45, 2.75) is 25.8 Å². The van der Waals surface area contributed by atoms with Crippen molar-refractivity contribution in [2.24, 2.45) is 5.92 Å². The molecular weight excluding hydrogens is 496 g/mol. The van der Waals surface area contributed by atoms with Crippen molar-refractivity contribution in [1.29, 1.82) is 0 Å². The highest BCUT2D eigenvalue weighted by Gasteiger charge is 2.41. The highest BCUT2D eigenvalue weighted by molar-refractivity contribution is 9.10. The molecule has 1 aliphatic heterocycles. The maximum atomic E-state index is 13.6. The summed E-state index contributed by atoms with van der Waals surface area (Å²) >= 11 is 3.47. The van der Waals surface area contributed by atoms with Crippen LogP contribution in [0.25, 0.3) is 0 Å². The van der Waals surface area contributed by atoms with Gasteiger partial charge in [0, 0.05) is 22.3 Å². The van der Waals surface area contributed by atoms with E-state index in [-0.39, 0.29) is 18.2 Å². The van der Waals surface area contributed by atoms with Crippen LogP contribution in [0.15, 0.2) is 71.2 Å². The third-order valence-electron chi connectivity index (χ3n) is 6.19. The zero-order valence-corrected chi connectivity index (χ0v) is 21.0. The summed E-state index contributed by atoms with van der Waals surface area (Å²) in [4.78, 5) is 28.5. The smallest absolute Gasteiger partial charge is 0.229 e. The van der Waals surface area contributed by atoms with Gasteiger partial charge in [-0.3, -0.25) is 9.59 Å². The van der Waals surface area contributed by atoms with Gasteiger partial charge in [-0.25, -0.2) is 0 Å². The fraction of sp³-hybridized carbons (Fsp3) is 0.259. The number of piperidine rings is 1. The molecule has 0 spiro atoms. The van der Waals surface area contributed by atoms with Crippen LogP contribution in [0.4, 0.5) is 11.4 Å². The van der Waals surface area contributed by atoms with Gasteiger partial charge in [-0.1, -0.05) is 28.1 Å². The first kappa shape index (κ1) is 23.8. The Bertz CT molecular complexity index is 1180. The average molecular weight is 523 g/mol. The molecule has 0 unspecified atom stereocenters. The Morgan fingerprint density at radius 2 is 1.59 bits per heavy atom. The van der Waals surface area contributed by atoms with E-state index >= 15 is 0 Å². The predicted molar refractivity (Wildman–Crippen MR) is 136 cm³/mol. The minimum Gasteiger partial charge on any atom is -0.497 e. The molecule has 7 heteroatoms. The molecule has 0 aliphatic carbocycles. The second-order valence-electron chi connectivity index (χ2n) is 8.27. The van der Waals surface area contributed by atoms with Crippen LogP contribution in [-0.2, 0) is 9.59 Å². The minimum absolute atomic E-state index is 0.0187. The maximum absolute atomic E-state index is 13.6. The lowest BCUT2D eigenvalue weighted by Crippen LogP contribution is -2.47. The quantitative estimate of drug-likeness (QED) is 0.437. The van der Waals surface area contributed by atoms with Crippen LogP contribution >= 0.6 is 15.9 Å². The van der Waals surface area contributed by atoms with Crippen LogP contribution in [0.1, 0.15) is 30.0 Å². The SMILES string of the molecule is COc1ccc([C@H]2[C@@H](C(=O)Nc3ccc(Br)cc3C)CCC(=O)N2c2ccc(OC)cc2)cc1. The van der Waals surface area contributed by atoms with E-state index in [0.29, 0.717) is 17.9 Å². The summed E-state index contributed by atoms with van der Waals surface area (Å²) in [6.45, 7) is 1.95. The number of halogens is 1. The molecule has 176 valence electrons. The average Bonchev–Trinajstić information content (AvgIpc) is 2.85. The largest absolute Gasteiger partial charge is 0.497 e. The summed E-state index contributed by atoms with van der Waals surface area (Å²) in [6.07, 6.45) is 0.750. The normalized spacial score (nSPS) is 17.9. The van der Waals surface area contributed by atoms with Crippen molar-refractivity contribution in [1.82, 2.24) is 0 Å². The van der Waals surface area contributed by atoms with E-state index in [1.807, 2.05) is 73.7 Å². The molecule has 1 heterocycles. The molecule has 2 atom stereocenters. The maximum Gasteiger partial charge on any atom is 0.229 e. The molecule has 2 amide bonds. The third kappa shape index (κ3) is 4.94. The first-order valence-electron chi connectivity index (χ1n) is 11.1. The van der Waals surface area contributed by atoms with E-state index in [1.165, 1.54) is 0 Å². The van der Waals surface area contributed by atoms with Crippen molar-refractivity contribution in [3.63, 3.8) is 0 Å². The Balaban J connectivity index is 1.73. The molecule has 1 N–H and O–H groups in total. The van der Waals surface area contributed by atoms with Crippen molar-refractivity contribution >= 4 is 39.1 Å². The number of hydrogen-bond donors (Lipinski definition) is 1. The molecular formula is C27H27BrN2O4. The summed E-state index contributed by atoms with van der Waals surface area (Å²) in [7, 11) is 3.21. The first-order valence-corrected chi connectivity index (χ1v) is 11.9. The summed E-state index contributed by atoms with van der Waals surface area (Å²) in [5, 5.41) is 3.09. The Morgan fingerprint density at radius 3 is 2.18 bits per heavy atom. The standard InChI is InChI=1S/C27H27BrN2O4/c1-17-16-19(28)6-14-24(17)29-27(32)23-13-15-25(31)30(20-7-11-22(34-3)12-8-20)26(23)18-4-9-21(33-2)10-5-18/h4-12,14,16,23,26H,13,15H2,1-3H3,(H,29,32)/t23-,26-/m0/s1. The number of methoxy groups -OCH3 is 2. The molecule has 3 aromatic carbocycles. The second kappa shape index (κ2) is 10.3. The first-order chi connectivity index (χ1) is 16.4. The van der Waals surface area contributed by atoms with Crippen molar-refractivity contribution in [2.75, 3.05) is 24.4 Å². The van der Waals surface area contributed by atoms with Crippen LogP contribution < -0.4 is 19.7 Å². The number of anilines is 2. The number of rotatable bonds is 6. The molecule has 1 aliphatic rings. The van der Waals surface area contributed by atoms with Crippen LogP contribution in [0.5, 0.6) is 11.5 Å². The van der Waals surface area contributed by atoms with E-state index < -0.39 is 12.0 Å². The number of carbonyl (C=O) groups excluding carboxylic acids is 2. The number of carbonyl (C=O) groups is 2. The molecule has 0 saturated carbocycles. The van der Waals surface area contributed by atoms with Gasteiger partial charge in [0.15, 0.2) is 0 Å². The van der Waals surface area contributed by atoms with Gasteiger partial charge in [0.25, 0.3) is 0 Å². The van der Waals surface area contributed by atoms with Gasteiger partial charge in [-0.05, 0) is 79.1 Å². The lowest BCUT2D eigenvalue weighted by molar-refractivity contribution is -0.125. The second-order valence-corrected chi connectivity index (χ2v) is 9.19. The molecule has 4 rings (SSSR count). The number of amides is 2. The highest BCUT2D eigenvalue weighted by atomic mass is 79.9. The van der Waals surface area contributed by atoms with Gasteiger partial charge in [0.2, 0.25) is 11.8 Å². The van der Waals surface area contributed by atoms with E-state index in [9.17, 15) is 9.59 Å². The number of nitrogens with one attached hydrogen (secondary N) is 1. The number of nitrogens with zero attached hydrogens (tertiary/aromatic N) is 1. The molecule has 1 fully saturated rings. The summed E-state index contributed by atoms with van der Waals surface area (Å²) in [5.74, 6) is 0.853. The van der Waals surface area contributed by atoms with Gasteiger partial charge < -0.3 is 19.7 Å². The Morgan fingerprint density at radius 1 is 0.971 bits per heavy atom. The Kier molecular flexibility index (Phi) is 7.22. The molecule has 0 aromatic heterocycles. The predicted octanol–water partition coefficient (Wildman–Crippen LogP) is 5.90. The Labute approximate surface area is 208 Å². The van der Waals surface area contributed by atoms with Gasteiger partial charge in [-0.2, -0.15) is 0 Å². The van der Waals surface area contributed by atoms with Gasteiger partial charge in [-0.15, -0.1) is 0 Å². The van der Waals surface area contributed by atoms with Crippen molar-refractivity contribution in [3.8, 4) is 11.5 Å². The van der Waals surface area contributed by atoms with Gasteiger partial charge >= 0.3 is 0 Å². The summed E-state index contributed by atoms with van der Waals surface area (Å²) in [5.41, 5.74) is 3.32. The molecule has 1 saturated heterocycles. The number of hydrogen-bond acceptors (Lipinski definition) is 4. The zero-order chi connectivity index (χ0) is 24.2.